The van der Waals surface area contributed by atoms with Crippen molar-refractivity contribution in [1.82, 2.24) is 5.32 Å². The summed E-state index contributed by atoms with van der Waals surface area (Å²) in [6, 6.07) is 8.36. The van der Waals surface area contributed by atoms with Crippen LogP contribution in [0.1, 0.15) is 29.4 Å². The lowest BCUT2D eigenvalue weighted by Gasteiger charge is -2.10. The Balaban J connectivity index is 1.86. The number of thiophene rings is 1. The van der Waals surface area contributed by atoms with Gasteiger partial charge in [0.1, 0.15) is 11.5 Å². The first-order valence-corrected chi connectivity index (χ1v) is 8.33. The van der Waals surface area contributed by atoms with Crippen molar-refractivity contribution in [2.45, 2.75) is 25.3 Å². The molecule has 0 bridgehead atoms. The quantitative estimate of drug-likeness (QED) is 0.836. The van der Waals surface area contributed by atoms with Crippen molar-refractivity contribution in [2.24, 2.45) is 0 Å². The monoisotopic (exact) mass is 301 g/mol. The second kappa shape index (κ2) is 6.66. The van der Waals surface area contributed by atoms with Gasteiger partial charge in [-0.2, -0.15) is 11.8 Å². The third-order valence-electron chi connectivity index (χ3n) is 2.61. The molecule has 0 radical (unpaired) electrons. The highest BCUT2D eigenvalue weighted by Crippen LogP contribution is 2.26. The summed E-state index contributed by atoms with van der Waals surface area (Å²) in [7, 11) is 0. The first kappa shape index (κ1) is 14.0. The second-order valence-corrected chi connectivity index (χ2v) is 6.66. The van der Waals surface area contributed by atoms with Crippen LogP contribution in [-0.2, 0) is 12.3 Å². The Morgan fingerprint density at radius 3 is 2.78 bits per heavy atom. The van der Waals surface area contributed by atoms with Crippen LogP contribution in [0.2, 0.25) is 4.34 Å². The van der Waals surface area contributed by atoms with Crippen molar-refractivity contribution in [1.29, 1.82) is 0 Å². The molecule has 1 N–H and O–H groups in total. The molecule has 2 heterocycles. The molecule has 98 valence electrons. The predicted molar refractivity (Wildman–Crippen MR) is 80.5 cm³/mol. The van der Waals surface area contributed by atoms with Crippen LogP contribution in [0, 0.1) is 0 Å². The highest BCUT2D eigenvalue weighted by Gasteiger charge is 2.09. The number of furan rings is 1. The number of rotatable bonds is 6. The van der Waals surface area contributed by atoms with Gasteiger partial charge >= 0.3 is 0 Å². The molecule has 1 unspecified atom stereocenters. The van der Waals surface area contributed by atoms with Gasteiger partial charge in [0.25, 0.3) is 0 Å². The van der Waals surface area contributed by atoms with E-state index >= 15 is 0 Å². The summed E-state index contributed by atoms with van der Waals surface area (Å²) in [5.74, 6) is 2.94. The van der Waals surface area contributed by atoms with E-state index in [1.54, 1.807) is 23.1 Å². The summed E-state index contributed by atoms with van der Waals surface area (Å²) in [5.41, 5.74) is 0. The normalized spacial score (nSPS) is 12.8. The molecule has 2 aromatic heterocycles. The van der Waals surface area contributed by atoms with Crippen LogP contribution in [0.25, 0.3) is 0 Å². The topological polar surface area (TPSA) is 25.2 Å². The molecule has 0 aliphatic carbocycles. The fourth-order valence-electron chi connectivity index (χ4n) is 1.65. The van der Waals surface area contributed by atoms with E-state index in [-0.39, 0.29) is 6.04 Å². The molecule has 0 saturated carbocycles. The minimum Gasteiger partial charge on any atom is -0.464 e. The number of hydrogen-bond donors (Lipinski definition) is 1. The van der Waals surface area contributed by atoms with Crippen LogP contribution in [0.15, 0.2) is 28.7 Å². The van der Waals surface area contributed by atoms with E-state index in [0.717, 1.165) is 28.2 Å². The Bertz CT molecular complexity index is 495. The Kier molecular flexibility index (Phi) is 5.18. The van der Waals surface area contributed by atoms with Gasteiger partial charge in [0.05, 0.1) is 16.6 Å². The maximum absolute atomic E-state index is 5.93. The van der Waals surface area contributed by atoms with E-state index in [0.29, 0.717) is 0 Å². The van der Waals surface area contributed by atoms with Gasteiger partial charge in [-0.3, -0.25) is 0 Å². The fraction of sp³-hybridized carbons (Fsp3) is 0.385. The lowest BCUT2D eigenvalue weighted by Crippen LogP contribution is -2.16. The molecule has 0 fully saturated rings. The van der Waals surface area contributed by atoms with Crippen molar-refractivity contribution in [3.63, 3.8) is 0 Å². The Hall–Kier alpha value is -0.420. The molecule has 18 heavy (non-hydrogen) atoms. The average molecular weight is 302 g/mol. The number of hydrogen-bond acceptors (Lipinski definition) is 4. The minimum absolute atomic E-state index is 0.289. The van der Waals surface area contributed by atoms with Gasteiger partial charge in [-0.05, 0) is 37.4 Å². The molecule has 2 aromatic rings. The lowest BCUT2D eigenvalue weighted by atomic mass is 10.2. The molecule has 0 aliphatic heterocycles. The van der Waals surface area contributed by atoms with E-state index in [4.69, 9.17) is 16.0 Å². The number of nitrogens with one attached hydrogen (secondary N) is 1. The van der Waals surface area contributed by atoms with Crippen LogP contribution in [0.3, 0.4) is 0 Å². The van der Waals surface area contributed by atoms with Crippen molar-refractivity contribution < 1.29 is 4.42 Å². The third kappa shape index (κ3) is 3.79. The van der Waals surface area contributed by atoms with Gasteiger partial charge in [0, 0.05) is 10.9 Å². The Morgan fingerprint density at radius 1 is 1.33 bits per heavy atom. The zero-order valence-corrected chi connectivity index (χ0v) is 12.8. The van der Waals surface area contributed by atoms with Gasteiger partial charge in [-0.1, -0.05) is 11.6 Å². The van der Waals surface area contributed by atoms with Gasteiger partial charge in [-0.25, -0.2) is 0 Å². The first-order chi connectivity index (χ1) is 8.69. The van der Waals surface area contributed by atoms with E-state index in [9.17, 15) is 0 Å². The molecule has 0 amide bonds. The van der Waals surface area contributed by atoms with Gasteiger partial charge in [0.2, 0.25) is 0 Å². The predicted octanol–water partition coefficient (Wildman–Crippen LogP) is 4.71. The number of thioether (sulfide) groups is 1. The Labute approximate surface area is 121 Å². The molecule has 2 rings (SSSR count). The summed E-state index contributed by atoms with van der Waals surface area (Å²) in [6.45, 7) is 2.87. The number of halogens is 1. The van der Waals surface area contributed by atoms with Gasteiger partial charge in [-0.15, -0.1) is 11.3 Å². The molecule has 2 nitrogen and oxygen atoms in total. The van der Waals surface area contributed by atoms with Crippen LogP contribution < -0.4 is 5.32 Å². The Morgan fingerprint density at radius 2 is 2.11 bits per heavy atom. The lowest BCUT2D eigenvalue weighted by molar-refractivity contribution is 0.444. The molecule has 0 aromatic carbocycles. The summed E-state index contributed by atoms with van der Waals surface area (Å²) in [4.78, 5) is 1.25. The molecule has 1 atom stereocenters. The van der Waals surface area contributed by atoms with E-state index in [2.05, 4.69) is 24.6 Å². The first-order valence-electron chi connectivity index (χ1n) is 5.74. The van der Waals surface area contributed by atoms with Crippen molar-refractivity contribution in [2.75, 3.05) is 6.26 Å². The second-order valence-electron chi connectivity index (χ2n) is 4.05. The molecule has 0 saturated heterocycles. The summed E-state index contributed by atoms with van der Waals surface area (Å²) >= 11 is 9.31. The zero-order valence-electron chi connectivity index (χ0n) is 10.4. The standard InChI is InChI=1S/C13H16ClNOS2/c1-9(12-5-6-13(14)18-12)15-7-10-3-4-11(16-10)8-17-2/h3-6,9,15H,7-8H2,1-2H3. The smallest absolute Gasteiger partial charge is 0.118 e. The maximum atomic E-state index is 5.93. The largest absolute Gasteiger partial charge is 0.464 e. The summed E-state index contributed by atoms with van der Waals surface area (Å²) < 4.78 is 6.54. The van der Waals surface area contributed by atoms with Crippen LogP contribution >= 0.6 is 34.7 Å². The van der Waals surface area contributed by atoms with E-state index in [1.165, 1.54) is 4.88 Å². The fourth-order valence-corrected chi connectivity index (χ4v) is 3.18. The van der Waals surface area contributed by atoms with Crippen molar-refractivity contribution in [3.8, 4) is 0 Å². The van der Waals surface area contributed by atoms with E-state index < -0.39 is 0 Å². The summed E-state index contributed by atoms with van der Waals surface area (Å²) in [5, 5.41) is 3.44. The molecular weight excluding hydrogens is 286 g/mol. The van der Waals surface area contributed by atoms with Crippen LogP contribution in [-0.4, -0.2) is 6.26 Å². The van der Waals surface area contributed by atoms with Crippen molar-refractivity contribution >= 4 is 34.7 Å². The van der Waals surface area contributed by atoms with Gasteiger partial charge < -0.3 is 9.73 Å². The maximum Gasteiger partial charge on any atom is 0.118 e. The van der Waals surface area contributed by atoms with E-state index in [1.807, 2.05) is 18.2 Å². The average Bonchev–Trinajstić information content (AvgIpc) is 2.96. The molecular formula is C13H16ClNOS2. The summed E-state index contributed by atoms with van der Waals surface area (Å²) in [6.07, 6.45) is 2.07. The van der Waals surface area contributed by atoms with Crippen LogP contribution in [0.4, 0.5) is 0 Å². The molecule has 0 spiro atoms. The minimum atomic E-state index is 0.289. The molecule has 0 aliphatic rings. The van der Waals surface area contributed by atoms with Gasteiger partial charge in [0.15, 0.2) is 0 Å². The van der Waals surface area contributed by atoms with Crippen LogP contribution in [0.5, 0.6) is 0 Å². The SMILES string of the molecule is CSCc1ccc(CNC(C)c2ccc(Cl)s2)o1. The van der Waals surface area contributed by atoms with Crippen molar-refractivity contribution in [3.05, 3.63) is 45.0 Å². The zero-order chi connectivity index (χ0) is 13.0. The third-order valence-corrected chi connectivity index (χ3v) is 4.59. The highest BCUT2D eigenvalue weighted by atomic mass is 35.5. The highest BCUT2D eigenvalue weighted by molar-refractivity contribution is 7.97. The molecule has 5 heteroatoms.